The molecule has 4 nitrogen and oxygen atoms in total. The molecule has 1 amide bonds. The monoisotopic (exact) mass is 277 g/mol. The van der Waals surface area contributed by atoms with E-state index in [2.05, 4.69) is 10.3 Å². The first-order valence-electron chi connectivity index (χ1n) is 6.06. The molecule has 0 aliphatic heterocycles. The molecule has 1 aromatic carbocycles. The number of pyridine rings is 1. The Morgan fingerprint density at radius 1 is 1.32 bits per heavy atom. The topological polar surface area (TPSA) is 45.2 Å². The number of benzene rings is 1. The Kier molecular flexibility index (Phi) is 4.35. The molecule has 2 aromatic rings. The van der Waals surface area contributed by atoms with Crippen molar-refractivity contribution < 1.29 is 4.79 Å². The molecule has 0 bridgehead atoms. The number of fused-ring (bicyclic) bond motifs is 1. The van der Waals surface area contributed by atoms with Gasteiger partial charge in [0.2, 0.25) is 0 Å². The molecule has 0 atom stereocenters. The highest BCUT2D eigenvalue weighted by Crippen LogP contribution is 2.23. The Balaban J connectivity index is 2.25. The fourth-order valence-electron chi connectivity index (χ4n) is 1.83. The molecule has 0 radical (unpaired) electrons. The van der Waals surface area contributed by atoms with Crippen LogP contribution in [0.5, 0.6) is 0 Å². The van der Waals surface area contributed by atoms with E-state index >= 15 is 0 Å². The van der Waals surface area contributed by atoms with Crippen LogP contribution in [-0.4, -0.2) is 43.0 Å². The molecule has 2 rings (SSSR count). The van der Waals surface area contributed by atoms with E-state index in [0.717, 1.165) is 17.3 Å². The Labute approximate surface area is 117 Å². The van der Waals surface area contributed by atoms with Crippen LogP contribution in [0.4, 0.5) is 0 Å². The van der Waals surface area contributed by atoms with Gasteiger partial charge in [0.05, 0.1) is 5.56 Å². The van der Waals surface area contributed by atoms with Crippen LogP contribution >= 0.6 is 11.6 Å². The Morgan fingerprint density at radius 3 is 2.68 bits per heavy atom. The van der Waals surface area contributed by atoms with E-state index in [0.29, 0.717) is 17.3 Å². The number of halogens is 1. The van der Waals surface area contributed by atoms with Crippen molar-refractivity contribution in [1.29, 1.82) is 0 Å². The lowest BCUT2D eigenvalue weighted by molar-refractivity contribution is 0.0952. The third-order valence-corrected chi connectivity index (χ3v) is 3.14. The molecule has 0 aliphatic carbocycles. The van der Waals surface area contributed by atoms with E-state index in [1.54, 1.807) is 0 Å². The summed E-state index contributed by atoms with van der Waals surface area (Å²) >= 11 is 6.03. The van der Waals surface area contributed by atoms with Gasteiger partial charge in [-0.3, -0.25) is 4.79 Å². The number of nitrogens with zero attached hydrogens (tertiary/aromatic N) is 2. The third-order valence-electron chi connectivity index (χ3n) is 2.84. The standard InChI is InChI=1S/C14H16ClN3O/c1-18(2)8-7-16-14(19)12-9-17-13(15)11-6-4-3-5-10(11)12/h3-6,9H,7-8H2,1-2H3,(H,16,19). The van der Waals surface area contributed by atoms with Gasteiger partial charge in [-0.15, -0.1) is 0 Å². The Morgan fingerprint density at radius 2 is 2.00 bits per heavy atom. The van der Waals surface area contributed by atoms with Crippen molar-refractivity contribution >= 4 is 28.3 Å². The lowest BCUT2D eigenvalue weighted by Gasteiger charge is -2.11. The number of nitrogens with one attached hydrogen (secondary N) is 1. The Hall–Kier alpha value is -1.65. The minimum absolute atomic E-state index is 0.123. The predicted octanol–water partition coefficient (Wildman–Crippen LogP) is 2.18. The predicted molar refractivity (Wildman–Crippen MR) is 77.6 cm³/mol. The molecular formula is C14H16ClN3O. The van der Waals surface area contributed by atoms with Crippen molar-refractivity contribution in [3.63, 3.8) is 0 Å². The molecule has 1 N–H and O–H groups in total. The van der Waals surface area contributed by atoms with E-state index < -0.39 is 0 Å². The summed E-state index contributed by atoms with van der Waals surface area (Å²) in [5.41, 5.74) is 0.554. The molecule has 0 saturated carbocycles. The quantitative estimate of drug-likeness (QED) is 0.872. The number of aromatic nitrogens is 1. The molecular weight excluding hydrogens is 262 g/mol. The second-order valence-corrected chi connectivity index (χ2v) is 4.93. The molecule has 0 aliphatic rings. The SMILES string of the molecule is CN(C)CCNC(=O)c1cnc(Cl)c2ccccc12. The van der Waals surface area contributed by atoms with Crippen LogP contribution in [0.25, 0.3) is 10.8 Å². The number of carbonyl (C=O) groups excluding carboxylic acids is 1. The number of rotatable bonds is 4. The number of likely N-dealkylation sites (N-methyl/N-ethyl adjacent to an activating group) is 1. The zero-order valence-electron chi connectivity index (χ0n) is 11.0. The van der Waals surface area contributed by atoms with Crippen LogP contribution < -0.4 is 5.32 Å². The van der Waals surface area contributed by atoms with E-state index in [1.807, 2.05) is 43.3 Å². The molecule has 5 heteroatoms. The molecule has 100 valence electrons. The van der Waals surface area contributed by atoms with E-state index in [-0.39, 0.29) is 5.91 Å². The highest BCUT2D eigenvalue weighted by molar-refractivity contribution is 6.34. The summed E-state index contributed by atoms with van der Waals surface area (Å²) in [6.07, 6.45) is 1.52. The maximum atomic E-state index is 12.1. The Bertz CT molecular complexity index is 598. The van der Waals surface area contributed by atoms with Gasteiger partial charge in [0.25, 0.3) is 5.91 Å². The lowest BCUT2D eigenvalue weighted by atomic mass is 10.1. The molecule has 1 aromatic heterocycles. The summed E-state index contributed by atoms with van der Waals surface area (Å²) < 4.78 is 0. The zero-order valence-corrected chi connectivity index (χ0v) is 11.7. The third kappa shape index (κ3) is 3.22. The van der Waals surface area contributed by atoms with Gasteiger partial charge in [0, 0.05) is 24.7 Å². The smallest absolute Gasteiger partial charge is 0.253 e. The second-order valence-electron chi connectivity index (χ2n) is 4.57. The van der Waals surface area contributed by atoms with E-state index in [9.17, 15) is 4.79 Å². The highest BCUT2D eigenvalue weighted by Gasteiger charge is 2.12. The van der Waals surface area contributed by atoms with Crippen LogP contribution in [0.2, 0.25) is 5.15 Å². The van der Waals surface area contributed by atoms with Crippen LogP contribution in [0.15, 0.2) is 30.5 Å². The van der Waals surface area contributed by atoms with Crippen molar-refractivity contribution in [3.8, 4) is 0 Å². The van der Waals surface area contributed by atoms with Gasteiger partial charge in [0.15, 0.2) is 0 Å². The fraction of sp³-hybridized carbons (Fsp3) is 0.286. The summed E-state index contributed by atoms with van der Waals surface area (Å²) in [5.74, 6) is -0.123. The largest absolute Gasteiger partial charge is 0.351 e. The molecule has 1 heterocycles. The van der Waals surface area contributed by atoms with Crippen molar-refractivity contribution in [1.82, 2.24) is 15.2 Å². The normalized spacial score (nSPS) is 10.9. The summed E-state index contributed by atoms with van der Waals surface area (Å²) in [4.78, 5) is 18.2. The van der Waals surface area contributed by atoms with Crippen molar-refractivity contribution in [3.05, 3.63) is 41.2 Å². The van der Waals surface area contributed by atoms with Gasteiger partial charge < -0.3 is 10.2 Å². The number of amides is 1. The van der Waals surface area contributed by atoms with Crippen molar-refractivity contribution in [2.24, 2.45) is 0 Å². The van der Waals surface area contributed by atoms with E-state index in [4.69, 9.17) is 11.6 Å². The summed E-state index contributed by atoms with van der Waals surface area (Å²) in [6.45, 7) is 1.40. The minimum Gasteiger partial charge on any atom is -0.351 e. The molecule has 0 saturated heterocycles. The number of carbonyl (C=O) groups is 1. The van der Waals surface area contributed by atoms with Crippen LogP contribution in [0.1, 0.15) is 10.4 Å². The molecule has 0 fully saturated rings. The first-order valence-corrected chi connectivity index (χ1v) is 6.43. The van der Waals surface area contributed by atoms with E-state index in [1.165, 1.54) is 6.20 Å². The van der Waals surface area contributed by atoms with Gasteiger partial charge in [-0.1, -0.05) is 35.9 Å². The molecule has 0 unspecified atom stereocenters. The average molecular weight is 278 g/mol. The molecule has 19 heavy (non-hydrogen) atoms. The summed E-state index contributed by atoms with van der Waals surface area (Å²) in [6, 6.07) is 7.50. The minimum atomic E-state index is -0.123. The van der Waals surface area contributed by atoms with Gasteiger partial charge in [-0.05, 0) is 19.5 Å². The molecule has 0 spiro atoms. The summed E-state index contributed by atoms with van der Waals surface area (Å²) in [5, 5.41) is 4.91. The van der Waals surface area contributed by atoms with Gasteiger partial charge in [-0.25, -0.2) is 4.98 Å². The van der Waals surface area contributed by atoms with Gasteiger partial charge in [-0.2, -0.15) is 0 Å². The first-order chi connectivity index (χ1) is 9.09. The highest BCUT2D eigenvalue weighted by atomic mass is 35.5. The summed E-state index contributed by atoms with van der Waals surface area (Å²) in [7, 11) is 3.93. The number of hydrogen-bond acceptors (Lipinski definition) is 3. The lowest BCUT2D eigenvalue weighted by Crippen LogP contribution is -2.31. The maximum absolute atomic E-state index is 12.1. The van der Waals surface area contributed by atoms with Gasteiger partial charge >= 0.3 is 0 Å². The number of hydrogen-bond donors (Lipinski definition) is 1. The zero-order chi connectivity index (χ0) is 13.8. The van der Waals surface area contributed by atoms with Gasteiger partial charge in [0.1, 0.15) is 5.15 Å². The maximum Gasteiger partial charge on any atom is 0.253 e. The second kappa shape index (κ2) is 5.99. The van der Waals surface area contributed by atoms with Crippen LogP contribution in [0, 0.1) is 0 Å². The fourth-order valence-corrected chi connectivity index (χ4v) is 2.04. The average Bonchev–Trinajstić information content (AvgIpc) is 2.39. The van der Waals surface area contributed by atoms with Crippen molar-refractivity contribution in [2.75, 3.05) is 27.2 Å². The first kappa shape index (κ1) is 13.8. The van der Waals surface area contributed by atoms with Crippen LogP contribution in [0.3, 0.4) is 0 Å². The van der Waals surface area contributed by atoms with Crippen molar-refractivity contribution in [2.45, 2.75) is 0 Å². The van der Waals surface area contributed by atoms with Crippen LogP contribution in [-0.2, 0) is 0 Å².